The fraction of sp³-hybridized carbons (Fsp3) is 0.105. The lowest BCUT2D eigenvalue weighted by Crippen LogP contribution is -2.04. The first kappa shape index (κ1) is 19.8. The summed E-state index contributed by atoms with van der Waals surface area (Å²) in [6, 6.07) is 9.22. The standard InChI is InChI=1S/C19H14F3N5O2S.2H2/c1-30(28,29)12-5-2-10(3-6-12)15-9-24-17(23)16(25-15)18-26-13-7-4-11(19(20,21)22)8-14(13)27-18;;/h2-9H,1H3,(H2,23,24)(H,26,27);2*1H. The third kappa shape index (κ3) is 3.71. The van der Waals surface area contributed by atoms with Gasteiger partial charge in [0.25, 0.3) is 0 Å². The Hall–Kier alpha value is -3.47. The molecular weight excluding hydrogens is 419 g/mol. The Morgan fingerprint density at radius 2 is 1.77 bits per heavy atom. The number of nitrogens with one attached hydrogen (secondary N) is 1. The number of nitrogens with zero attached hydrogens (tertiary/aromatic N) is 3. The lowest BCUT2D eigenvalue weighted by molar-refractivity contribution is -0.137. The molecule has 158 valence electrons. The molecule has 0 unspecified atom stereocenters. The van der Waals surface area contributed by atoms with Crippen LogP contribution in [-0.4, -0.2) is 34.6 Å². The van der Waals surface area contributed by atoms with Crippen molar-refractivity contribution < 1.29 is 24.4 Å². The minimum absolute atomic E-state index is 0. The maximum absolute atomic E-state index is 12.9. The zero-order valence-corrected chi connectivity index (χ0v) is 16.2. The van der Waals surface area contributed by atoms with E-state index in [1.54, 1.807) is 12.1 Å². The van der Waals surface area contributed by atoms with Gasteiger partial charge in [0, 0.05) is 14.7 Å². The highest BCUT2D eigenvalue weighted by atomic mass is 32.2. The molecule has 0 aliphatic heterocycles. The summed E-state index contributed by atoms with van der Waals surface area (Å²) in [5.74, 6) is 0.213. The number of benzene rings is 2. The van der Waals surface area contributed by atoms with Crippen LogP contribution in [0.1, 0.15) is 8.42 Å². The van der Waals surface area contributed by atoms with Gasteiger partial charge in [-0.05, 0) is 30.3 Å². The van der Waals surface area contributed by atoms with Crippen LogP contribution in [0.3, 0.4) is 0 Å². The molecule has 11 heteroatoms. The molecular formula is C19H18F3N5O2S. The number of anilines is 1. The first-order valence-electron chi connectivity index (χ1n) is 8.53. The van der Waals surface area contributed by atoms with Gasteiger partial charge in [-0.1, -0.05) is 12.1 Å². The average Bonchev–Trinajstić information content (AvgIpc) is 3.10. The monoisotopic (exact) mass is 437 g/mol. The minimum Gasteiger partial charge on any atom is -0.382 e. The highest BCUT2D eigenvalue weighted by Gasteiger charge is 2.30. The molecule has 7 nitrogen and oxygen atoms in total. The van der Waals surface area contributed by atoms with Crippen LogP contribution >= 0.6 is 0 Å². The van der Waals surface area contributed by atoms with Crippen molar-refractivity contribution in [2.45, 2.75) is 11.1 Å². The van der Waals surface area contributed by atoms with E-state index in [1.807, 2.05) is 0 Å². The van der Waals surface area contributed by atoms with E-state index in [0.29, 0.717) is 16.8 Å². The van der Waals surface area contributed by atoms with Gasteiger partial charge in [-0.15, -0.1) is 0 Å². The molecule has 0 radical (unpaired) electrons. The van der Waals surface area contributed by atoms with E-state index < -0.39 is 21.6 Å². The summed E-state index contributed by atoms with van der Waals surface area (Å²) in [7, 11) is -3.34. The van der Waals surface area contributed by atoms with Crippen LogP contribution in [0.15, 0.2) is 53.6 Å². The molecule has 0 amide bonds. The second kappa shape index (κ2) is 6.80. The van der Waals surface area contributed by atoms with Gasteiger partial charge in [0.15, 0.2) is 21.5 Å². The summed E-state index contributed by atoms with van der Waals surface area (Å²) in [5, 5.41) is 0. The quantitative estimate of drug-likeness (QED) is 0.497. The van der Waals surface area contributed by atoms with Crippen molar-refractivity contribution in [3.8, 4) is 22.8 Å². The molecule has 3 N–H and O–H groups in total. The number of sulfone groups is 1. The summed E-state index contributed by atoms with van der Waals surface area (Å²) in [4.78, 5) is 15.7. The van der Waals surface area contributed by atoms with E-state index in [-0.39, 0.29) is 30.6 Å². The average molecular weight is 437 g/mol. The number of nitrogens with two attached hydrogens (primary N) is 1. The summed E-state index contributed by atoms with van der Waals surface area (Å²) in [6.45, 7) is 0. The Balaban J connectivity index is 0.00000181. The van der Waals surface area contributed by atoms with Crippen LogP contribution in [0.5, 0.6) is 0 Å². The normalized spacial score (nSPS) is 12.4. The second-order valence-electron chi connectivity index (χ2n) is 6.60. The maximum atomic E-state index is 12.9. The molecule has 0 fully saturated rings. The van der Waals surface area contributed by atoms with Gasteiger partial charge < -0.3 is 10.7 Å². The molecule has 0 saturated heterocycles. The number of aromatic amines is 1. The Morgan fingerprint density at radius 1 is 1.07 bits per heavy atom. The molecule has 0 saturated carbocycles. The van der Waals surface area contributed by atoms with Gasteiger partial charge in [0.2, 0.25) is 0 Å². The maximum Gasteiger partial charge on any atom is 0.416 e. The summed E-state index contributed by atoms with van der Waals surface area (Å²) in [5.41, 5.74) is 6.77. The van der Waals surface area contributed by atoms with Crippen LogP contribution in [0.4, 0.5) is 19.0 Å². The van der Waals surface area contributed by atoms with E-state index >= 15 is 0 Å². The number of halogens is 3. The van der Waals surface area contributed by atoms with Crippen molar-refractivity contribution in [3.05, 3.63) is 54.2 Å². The third-order valence-electron chi connectivity index (χ3n) is 4.41. The van der Waals surface area contributed by atoms with Crippen LogP contribution < -0.4 is 5.73 Å². The van der Waals surface area contributed by atoms with Crippen molar-refractivity contribution >= 4 is 26.7 Å². The SMILES string of the molecule is CS(=O)(=O)c1ccc(-c2cnc(N)c(-c3nc4ccc(C(F)(F)F)cc4[nH]3)n2)cc1.[HH].[HH]. The summed E-state index contributed by atoms with van der Waals surface area (Å²) >= 11 is 0. The molecule has 0 atom stereocenters. The number of hydrogen-bond donors (Lipinski definition) is 2. The zero-order valence-electron chi connectivity index (χ0n) is 15.4. The Kier molecular flexibility index (Phi) is 4.49. The summed E-state index contributed by atoms with van der Waals surface area (Å²) in [6.07, 6.45) is -1.95. The largest absolute Gasteiger partial charge is 0.416 e. The van der Waals surface area contributed by atoms with Gasteiger partial charge >= 0.3 is 6.18 Å². The van der Waals surface area contributed by atoms with Crippen molar-refractivity contribution in [1.29, 1.82) is 0 Å². The van der Waals surface area contributed by atoms with Gasteiger partial charge in [-0.25, -0.2) is 23.4 Å². The van der Waals surface area contributed by atoms with E-state index in [0.717, 1.165) is 18.4 Å². The van der Waals surface area contributed by atoms with E-state index in [1.165, 1.54) is 24.4 Å². The predicted molar refractivity (Wildman–Crippen MR) is 109 cm³/mol. The first-order valence-corrected chi connectivity index (χ1v) is 10.4. The molecule has 0 bridgehead atoms. The van der Waals surface area contributed by atoms with E-state index in [9.17, 15) is 21.6 Å². The fourth-order valence-corrected chi connectivity index (χ4v) is 3.51. The highest BCUT2D eigenvalue weighted by Crippen LogP contribution is 2.32. The van der Waals surface area contributed by atoms with E-state index in [2.05, 4.69) is 19.9 Å². The molecule has 0 aliphatic carbocycles. The number of H-pyrrole nitrogens is 1. The van der Waals surface area contributed by atoms with Gasteiger partial charge in [-0.3, -0.25) is 0 Å². The third-order valence-corrected chi connectivity index (χ3v) is 5.54. The number of imidazole rings is 1. The number of fused-ring (bicyclic) bond motifs is 1. The van der Waals surface area contributed by atoms with Crippen LogP contribution in [0.2, 0.25) is 0 Å². The molecule has 2 aromatic carbocycles. The molecule has 2 heterocycles. The molecule has 2 aromatic heterocycles. The highest BCUT2D eigenvalue weighted by molar-refractivity contribution is 7.90. The number of rotatable bonds is 3. The molecule has 0 aliphatic rings. The van der Waals surface area contributed by atoms with Gasteiger partial charge in [0.1, 0.15) is 5.69 Å². The Labute approximate surface area is 171 Å². The van der Waals surface area contributed by atoms with Crippen molar-refractivity contribution in [1.82, 2.24) is 19.9 Å². The molecule has 4 aromatic rings. The number of aromatic nitrogens is 4. The lowest BCUT2D eigenvalue weighted by atomic mass is 10.1. The zero-order chi connectivity index (χ0) is 21.7. The minimum atomic E-state index is -4.48. The van der Waals surface area contributed by atoms with Crippen LogP contribution in [0, 0.1) is 0 Å². The molecule has 4 rings (SSSR count). The predicted octanol–water partition coefficient (Wildman–Crippen LogP) is 4.18. The van der Waals surface area contributed by atoms with Crippen molar-refractivity contribution in [2.75, 3.05) is 12.0 Å². The molecule has 30 heavy (non-hydrogen) atoms. The fourth-order valence-electron chi connectivity index (χ4n) is 2.88. The lowest BCUT2D eigenvalue weighted by Gasteiger charge is -2.06. The van der Waals surface area contributed by atoms with Crippen LogP contribution in [-0.2, 0) is 16.0 Å². The van der Waals surface area contributed by atoms with Crippen molar-refractivity contribution in [2.24, 2.45) is 0 Å². The smallest absolute Gasteiger partial charge is 0.382 e. The number of nitrogen functional groups attached to an aromatic ring is 1. The number of alkyl halides is 3. The summed E-state index contributed by atoms with van der Waals surface area (Å²) < 4.78 is 62.0. The Morgan fingerprint density at radius 3 is 2.40 bits per heavy atom. The molecule has 0 spiro atoms. The van der Waals surface area contributed by atoms with Gasteiger partial charge in [-0.2, -0.15) is 13.2 Å². The second-order valence-corrected chi connectivity index (χ2v) is 8.62. The number of hydrogen-bond acceptors (Lipinski definition) is 6. The Bertz CT molecular complexity index is 1370. The topological polar surface area (TPSA) is 115 Å². The van der Waals surface area contributed by atoms with Crippen molar-refractivity contribution in [3.63, 3.8) is 0 Å². The first-order chi connectivity index (χ1) is 14.0. The van der Waals surface area contributed by atoms with E-state index in [4.69, 9.17) is 5.73 Å². The van der Waals surface area contributed by atoms with Gasteiger partial charge in [0.05, 0.1) is 33.4 Å². The van der Waals surface area contributed by atoms with Crippen LogP contribution in [0.25, 0.3) is 33.8 Å².